The van der Waals surface area contributed by atoms with Gasteiger partial charge in [0.05, 0.1) is 6.04 Å². The molecule has 0 radical (unpaired) electrons. The van der Waals surface area contributed by atoms with Crippen LogP contribution in [-0.2, 0) is 4.79 Å². The van der Waals surface area contributed by atoms with Crippen molar-refractivity contribution in [2.45, 2.75) is 78.3 Å². The maximum atomic E-state index is 12.0. The third-order valence-corrected chi connectivity index (χ3v) is 4.14. The molecule has 0 aromatic carbocycles. The maximum Gasteiger partial charge on any atom is 0.237 e. The third-order valence-electron chi connectivity index (χ3n) is 4.14. The molecule has 1 aliphatic carbocycles. The first kappa shape index (κ1) is 15.5. The van der Waals surface area contributed by atoms with Crippen LogP contribution in [0, 0.1) is 11.3 Å². The molecule has 1 aliphatic rings. The van der Waals surface area contributed by atoms with E-state index in [4.69, 9.17) is 5.73 Å². The fraction of sp³-hybridized carbons (Fsp3) is 0.933. The van der Waals surface area contributed by atoms with E-state index in [0.717, 1.165) is 19.3 Å². The topological polar surface area (TPSA) is 55.1 Å². The average Bonchev–Trinajstić information content (AvgIpc) is 2.28. The Morgan fingerprint density at radius 1 is 1.33 bits per heavy atom. The van der Waals surface area contributed by atoms with Crippen molar-refractivity contribution in [1.82, 2.24) is 5.32 Å². The zero-order valence-corrected chi connectivity index (χ0v) is 12.5. The molecule has 18 heavy (non-hydrogen) atoms. The van der Waals surface area contributed by atoms with Gasteiger partial charge in [0, 0.05) is 6.04 Å². The van der Waals surface area contributed by atoms with Crippen LogP contribution in [0.2, 0.25) is 0 Å². The molecule has 1 rings (SSSR count). The van der Waals surface area contributed by atoms with Gasteiger partial charge in [-0.25, -0.2) is 0 Å². The minimum atomic E-state index is -0.336. The normalized spacial score (nSPS) is 26.7. The summed E-state index contributed by atoms with van der Waals surface area (Å²) in [7, 11) is 0. The highest BCUT2D eigenvalue weighted by atomic mass is 16.2. The van der Waals surface area contributed by atoms with Crippen LogP contribution >= 0.6 is 0 Å². The van der Waals surface area contributed by atoms with Gasteiger partial charge in [-0.2, -0.15) is 0 Å². The SMILES string of the molecule is CCCC(N)C(=O)NC1CCCCC1C(C)(C)C. The molecule has 0 bridgehead atoms. The minimum absolute atomic E-state index is 0.0398. The lowest BCUT2D eigenvalue weighted by Gasteiger charge is -2.41. The molecule has 3 N–H and O–H groups in total. The summed E-state index contributed by atoms with van der Waals surface area (Å²) >= 11 is 0. The predicted octanol–water partition coefficient (Wildman–Crippen LogP) is 2.83. The first-order valence-corrected chi connectivity index (χ1v) is 7.42. The van der Waals surface area contributed by atoms with E-state index in [-0.39, 0.29) is 17.4 Å². The van der Waals surface area contributed by atoms with Crippen LogP contribution in [0.15, 0.2) is 0 Å². The summed E-state index contributed by atoms with van der Waals surface area (Å²) < 4.78 is 0. The summed E-state index contributed by atoms with van der Waals surface area (Å²) in [6.45, 7) is 8.88. The molecule has 0 spiro atoms. The standard InChI is InChI=1S/C15H30N2O/c1-5-8-12(16)14(18)17-13-10-7-6-9-11(13)15(2,3)4/h11-13H,5-10,16H2,1-4H3,(H,17,18). The molecule has 3 nitrogen and oxygen atoms in total. The van der Waals surface area contributed by atoms with Crippen molar-refractivity contribution >= 4 is 5.91 Å². The largest absolute Gasteiger partial charge is 0.352 e. The number of carbonyl (C=O) groups excluding carboxylic acids is 1. The molecule has 1 fully saturated rings. The Bertz CT molecular complexity index is 270. The minimum Gasteiger partial charge on any atom is -0.352 e. The van der Waals surface area contributed by atoms with Crippen LogP contribution in [0.4, 0.5) is 0 Å². The van der Waals surface area contributed by atoms with E-state index in [0.29, 0.717) is 12.0 Å². The van der Waals surface area contributed by atoms with E-state index < -0.39 is 0 Å². The summed E-state index contributed by atoms with van der Waals surface area (Å²) in [5, 5.41) is 3.20. The number of hydrogen-bond donors (Lipinski definition) is 2. The number of carbonyl (C=O) groups is 1. The van der Waals surface area contributed by atoms with Crippen molar-refractivity contribution in [2.24, 2.45) is 17.1 Å². The molecule has 3 heteroatoms. The number of amides is 1. The fourth-order valence-corrected chi connectivity index (χ4v) is 3.07. The van der Waals surface area contributed by atoms with Crippen LogP contribution in [0.3, 0.4) is 0 Å². The van der Waals surface area contributed by atoms with Crippen LogP contribution in [0.1, 0.15) is 66.2 Å². The molecule has 106 valence electrons. The van der Waals surface area contributed by atoms with Crippen molar-refractivity contribution in [3.05, 3.63) is 0 Å². The maximum absolute atomic E-state index is 12.0. The first-order valence-electron chi connectivity index (χ1n) is 7.42. The predicted molar refractivity (Wildman–Crippen MR) is 76.2 cm³/mol. The Morgan fingerprint density at radius 3 is 2.50 bits per heavy atom. The highest BCUT2D eigenvalue weighted by Gasteiger charge is 2.35. The van der Waals surface area contributed by atoms with Gasteiger partial charge in [-0.05, 0) is 30.6 Å². The smallest absolute Gasteiger partial charge is 0.237 e. The van der Waals surface area contributed by atoms with Gasteiger partial charge in [0.1, 0.15) is 0 Å². The molecule has 3 unspecified atom stereocenters. The molecular weight excluding hydrogens is 224 g/mol. The Kier molecular flexibility index (Phi) is 5.64. The average molecular weight is 254 g/mol. The van der Waals surface area contributed by atoms with Gasteiger partial charge in [-0.3, -0.25) is 4.79 Å². The van der Waals surface area contributed by atoms with E-state index >= 15 is 0 Å². The van der Waals surface area contributed by atoms with Crippen molar-refractivity contribution in [1.29, 1.82) is 0 Å². The zero-order chi connectivity index (χ0) is 13.8. The molecule has 1 amide bonds. The van der Waals surface area contributed by atoms with Crippen LogP contribution in [0.25, 0.3) is 0 Å². The number of rotatable bonds is 4. The quantitative estimate of drug-likeness (QED) is 0.810. The van der Waals surface area contributed by atoms with Crippen molar-refractivity contribution in [3.63, 3.8) is 0 Å². The van der Waals surface area contributed by atoms with Crippen molar-refractivity contribution in [3.8, 4) is 0 Å². The van der Waals surface area contributed by atoms with Gasteiger partial charge >= 0.3 is 0 Å². The molecule has 0 aromatic rings. The summed E-state index contributed by atoms with van der Waals surface area (Å²) in [5.74, 6) is 0.613. The zero-order valence-electron chi connectivity index (χ0n) is 12.5. The Hall–Kier alpha value is -0.570. The molecule has 0 aromatic heterocycles. The fourth-order valence-electron chi connectivity index (χ4n) is 3.07. The number of hydrogen-bond acceptors (Lipinski definition) is 2. The molecular formula is C15H30N2O. The van der Waals surface area contributed by atoms with Gasteiger partial charge in [0.15, 0.2) is 0 Å². The summed E-state index contributed by atoms with van der Waals surface area (Å²) in [4.78, 5) is 12.0. The van der Waals surface area contributed by atoms with E-state index in [9.17, 15) is 4.79 Å². The molecule has 1 saturated carbocycles. The highest BCUT2D eigenvalue weighted by Crippen LogP contribution is 2.37. The number of nitrogens with one attached hydrogen (secondary N) is 1. The Balaban J connectivity index is 2.60. The van der Waals surface area contributed by atoms with Crippen molar-refractivity contribution < 1.29 is 4.79 Å². The molecule has 0 heterocycles. The summed E-state index contributed by atoms with van der Waals surface area (Å²) in [5.41, 5.74) is 6.14. The van der Waals surface area contributed by atoms with E-state index in [2.05, 4.69) is 33.0 Å². The second kappa shape index (κ2) is 6.55. The van der Waals surface area contributed by atoms with Crippen LogP contribution in [0.5, 0.6) is 0 Å². The van der Waals surface area contributed by atoms with Gasteiger partial charge < -0.3 is 11.1 Å². The van der Waals surface area contributed by atoms with Gasteiger partial charge in [0.25, 0.3) is 0 Å². The van der Waals surface area contributed by atoms with Gasteiger partial charge in [-0.1, -0.05) is 47.0 Å². The highest BCUT2D eigenvalue weighted by molar-refractivity contribution is 5.81. The van der Waals surface area contributed by atoms with Gasteiger partial charge in [0.2, 0.25) is 5.91 Å². The lowest BCUT2D eigenvalue weighted by molar-refractivity contribution is -0.124. The second-order valence-electron chi connectivity index (χ2n) is 6.77. The van der Waals surface area contributed by atoms with Crippen LogP contribution in [-0.4, -0.2) is 18.0 Å². The lowest BCUT2D eigenvalue weighted by atomic mass is 9.69. The first-order chi connectivity index (χ1) is 8.36. The Morgan fingerprint density at radius 2 is 1.94 bits per heavy atom. The van der Waals surface area contributed by atoms with Crippen LogP contribution < -0.4 is 11.1 Å². The second-order valence-corrected chi connectivity index (χ2v) is 6.77. The monoisotopic (exact) mass is 254 g/mol. The molecule has 0 saturated heterocycles. The van der Waals surface area contributed by atoms with E-state index in [1.54, 1.807) is 0 Å². The van der Waals surface area contributed by atoms with E-state index in [1.165, 1.54) is 19.3 Å². The summed E-state index contributed by atoms with van der Waals surface area (Å²) in [6.07, 6.45) is 6.57. The van der Waals surface area contributed by atoms with Crippen molar-refractivity contribution in [2.75, 3.05) is 0 Å². The van der Waals surface area contributed by atoms with E-state index in [1.807, 2.05) is 0 Å². The van der Waals surface area contributed by atoms with Gasteiger partial charge in [-0.15, -0.1) is 0 Å². The number of nitrogens with two attached hydrogens (primary N) is 1. The summed E-state index contributed by atoms with van der Waals surface area (Å²) in [6, 6.07) is -0.0216. The third kappa shape index (κ3) is 4.27. The lowest BCUT2D eigenvalue weighted by Crippen LogP contribution is -2.51. The Labute approximate surface area is 112 Å². The molecule has 0 aliphatic heterocycles. The molecule has 3 atom stereocenters.